The first-order chi connectivity index (χ1) is 11.6. The number of nitrogens with zero attached hydrogens (tertiary/aromatic N) is 1. The van der Waals surface area contributed by atoms with Gasteiger partial charge in [0.15, 0.2) is 5.78 Å². The molecule has 1 aromatic heterocycles. The third-order valence-electron chi connectivity index (χ3n) is 4.75. The first-order valence-electron chi connectivity index (χ1n) is 7.91. The topological polar surface area (TPSA) is 66.5 Å². The van der Waals surface area contributed by atoms with Gasteiger partial charge in [-0.25, -0.2) is 4.79 Å². The second-order valence-electron chi connectivity index (χ2n) is 6.14. The predicted octanol–water partition coefficient (Wildman–Crippen LogP) is 2.71. The van der Waals surface area contributed by atoms with Crippen LogP contribution in [0.5, 0.6) is 0 Å². The molecule has 24 heavy (non-hydrogen) atoms. The van der Waals surface area contributed by atoms with E-state index in [9.17, 15) is 14.4 Å². The lowest BCUT2D eigenvalue weighted by Gasteiger charge is -2.33. The lowest BCUT2D eigenvalue weighted by atomic mass is 9.76. The van der Waals surface area contributed by atoms with E-state index in [1.165, 1.54) is 11.3 Å². The SMILES string of the molecule is O=C(CN1C(=O)N[C@@]2(CCCc3ccccc32)C1=O)c1cccs1. The number of amides is 3. The van der Waals surface area contributed by atoms with Crippen molar-refractivity contribution in [2.24, 2.45) is 0 Å². The average Bonchev–Trinajstić information content (AvgIpc) is 3.20. The molecule has 4 rings (SSSR count). The Kier molecular flexibility index (Phi) is 3.49. The van der Waals surface area contributed by atoms with E-state index in [0.29, 0.717) is 11.3 Å². The van der Waals surface area contributed by atoms with Crippen LogP contribution in [-0.4, -0.2) is 29.2 Å². The summed E-state index contributed by atoms with van der Waals surface area (Å²) in [6.45, 7) is -0.213. The molecule has 2 aliphatic rings. The van der Waals surface area contributed by atoms with E-state index in [0.717, 1.165) is 28.9 Å². The van der Waals surface area contributed by atoms with Crippen molar-refractivity contribution >= 4 is 29.1 Å². The van der Waals surface area contributed by atoms with E-state index in [1.807, 2.05) is 24.3 Å². The van der Waals surface area contributed by atoms with Crippen LogP contribution in [0.15, 0.2) is 41.8 Å². The van der Waals surface area contributed by atoms with Gasteiger partial charge in [0.05, 0.1) is 11.4 Å². The van der Waals surface area contributed by atoms with E-state index in [2.05, 4.69) is 5.32 Å². The number of nitrogens with one attached hydrogen (secondary N) is 1. The molecule has 1 saturated heterocycles. The summed E-state index contributed by atoms with van der Waals surface area (Å²) in [6.07, 6.45) is 2.29. The molecule has 0 bridgehead atoms. The van der Waals surface area contributed by atoms with Gasteiger partial charge in [-0.15, -0.1) is 11.3 Å². The summed E-state index contributed by atoms with van der Waals surface area (Å²) in [5.74, 6) is -0.529. The zero-order valence-electron chi connectivity index (χ0n) is 13.0. The maximum absolute atomic E-state index is 13.1. The molecular formula is C18H16N2O3S. The minimum absolute atomic E-state index is 0.213. The number of imide groups is 1. The van der Waals surface area contributed by atoms with Crippen molar-refractivity contribution in [1.29, 1.82) is 0 Å². The molecule has 5 nitrogen and oxygen atoms in total. The number of carbonyl (C=O) groups is 3. The molecular weight excluding hydrogens is 324 g/mol. The molecule has 0 unspecified atom stereocenters. The largest absolute Gasteiger partial charge is 0.325 e. The van der Waals surface area contributed by atoms with Gasteiger partial charge in [-0.3, -0.25) is 14.5 Å². The Morgan fingerprint density at radius 3 is 2.83 bits per heavy atom. The fraction of sp³-hybridized carbons (Fsp3) is 0.278. The number of hydrogen-bond acceptors (Lipinski definition) is 4. The molecule has 122 valence electrons. The maximum Gasteiger partial charge on any atom is 0.325 e. The Hall–Kier alpha value is -2.47. The highest BCUT2D eigenvalue weighted by molar-refractivity contribution is 7.12. The third kappa shape index (κ3) is 2.17. The average molecular weight is 340 g/mol. The molecule has 1 atom stereocenters. The van der Waals surface area contributed by atoms with Gasteiger partial charge in [0, 0.05) is 0 Å². The summed E-state index contributed by atoms with van der Waals surface area (Å²) in [4.78, 5) is 39.4. The molecule has 6 heteroatoms. The minimum atomic E-state index is -1.01. The highest BCUT2D eigenvalue weighted by Gasteiger charge is 2.54. The number of carbonyl (C=O) groups excluding carboxylic acids is 3. The van der Waals surface area contributed by atoms with Crippen molar-refractivity contribution in [3.05, 3.63) is 57.8 Å². The van der Waals surface area contributed by atoms with Crippen molar-refractivity contribution in [1.82, 2.24) is 10.2 Å². The molecule has 2 heterocycles. The Morgan fingerprint density at radius 1 is 1.21 bits per heavy atom. The van der Waals surface area contributed by atoms with Gasteiger partial charge in [0.1, 0.15) is 5.54 Å². The van der Waals surface area contributed by atoms with E-state index in [1.54, 1.807) is 17.5 Å². The summed E-state index contributed by atoms with van der Waals surface area (Å²) in [5.41, 5.74) is 0.936. The van der Waals surface area contributed by atoms with Crippen LogP contribution in [0, 0.1) is 0 Å². The second kappa shape index (κ2) is 5.56. The molecule has 0 saturated carbocycles. The highest BCUT2D eigenvalue weighted by Crippen LogP contribution is 2.39. The number of thiophene rings is 1. The normalized spacial score (nSPS) is 22.6. The Morgan fingerprint density at radius 2 is 2.04 bits per heavy atom. The highest BCUT2D eigenvalue weighted by atomic mass is 32.1. The van der Waals surface area contributed by atoms with Crippen LogP contribution >= 0.6 is 11.3 Å². The molecule has 2 aromatic rings. The monoisotopic (exact) mass is 340 g/mol. The quantitative estimate of drug-likeness (QED) is 0.690. The number of urea groups is 1. The lowest BCUT2D eigenvalue weighted by molar-refractivity contribution is -0.131. The predicted molar refractivity (Wildman–Crippen MR) is 90.0 cm³/mol. The lowest BCUT2D eigenvalue weighted by Crippen LogP contribution is -2.46. The Labute approximate surface area is 143 Å². The number of hydrogen-bond donors (Lipinski definition) is 1. The number of fused-ring (bicyclic) bond motifs is 2. The van der Waals surface area contributed by atoms with Gasteiger partial charge >= 0.3 is 6.03 Å². The van der Waals surface area contributed by atoms with Gasteiger partial charge < -0.3 is 5.32 Å². The number of ketones is 1. The van der Waals surface area contributed by atoms with E-state index in [4.69, 9.17) is 0 Å². The third-order valence-corrected chi connectivity index (χ3v) is 5.66. The molecule has 1 aliphatic carbocycles. The minimum Gasteiger partial charge on any atom is -0.319 e. The maximum atomic E-state index is 13.1. The zero-order chi connectivity index (χ0) is 16.7. The van der Waals surface area contributed by atoms with Crippen LogP contribution in [0.1, 0.15) is 33.6 Å². The van der Waals surface area contributed by atoms with Crippen LogP contribution in [0.4, 0.5) is 4.79 Å². The van der Waals surface area contributed by atoms with E-state index in [-0.39, 0.29) is 18.2 Å². The van der Waals surface area contributed by atoms with Gasteiger partial charge in [-0.2, -0.15) is 0 Å². The van der Waals surface area contributed by atoms with Gasteiger partial charge in [-0.05, 0) is 41.8 Å². The van der Waals surface area contributed by atoms with Crippen LogP contribution in [-0.2, 0) is 16.8 Å². The van der Waals surface area contributed by atoms with Crippen molar-refractivity contribution < 1.29 is 14.4 Å². The standard InChI is InChI=1S/C18H16N2O3S/c21-14(15-8-4-10-24-15)11-20-16(22)18(19-17(20)23)9-3-6-12-5-1-2-7-13(12)18/h1-2,4-5,7-8,10H,3,6,9,11H2,(H,19,23)/t18-/m1/s1. The smallest absolute Gasteiger partial charge is 0.319 e. The van der Waals surface area contributed by atoms with Crippen molar-refractivity contribution in [2.45, 2.75) is 24.8 Å². The van der Waals surface area contributed by atoms with E-state index < -0.39 is 11.6 Å². The van der Waals surface area contributed by atoms with Crippen LogP contribution in [0.3, 0.4) is 0 Å². The summed E-state index contributed by atoms with van der Waals surface area (Å²) >= 11 is 1.31. The van der Waals surface area contributed by atoms with E-state index >= 15 is 0 Å². The summed E-state index contributed by atoms with van der Waals surface area (Å²) in [7, 11) is 0. The molecule has 1 aliphatic heterocycles. The molecule has 3 amide bonds. The fourth-order valence-corrected chi connectivity index (χ4v) is 4.27. The van der Waals surface area contributed by atoms with Crippen molar-refractivity contribution in [3.8, 4) is 0 Å². The first kappa shape index (κ1) is 15.1. The fourth-order valence-electron chi connectivity index (χ4n) is 3.61. The number of rotatable bonds is 3. The Balaban J connectivity index is 1.66. The van der Waals surface area contributed by atoms with Gasteiger partial charge in [-0.1, -0.05) is 30.3 Å². The first-order valence-corrected chi connectivity index (χ1v) is 8.79. The van der Waals surface area contributed by atoms with Crippen molar-refractivity contribution in [3.63, 3.8) is 0 Å². The molecule has 0 radical (unpaired) electrons. The molecule has 1 aromatic carbocycles. The molecule has 1 N–H and O–H groups in total. The summed E-state index contributed by atoms with van der Waals surface area (Å²) < 4.78 is 0. The van der Waals surface area contributed by atoms with Crippen molar-refractivity contribution in [2.75, 3.05) is 6.54 Å². The molecule has 1 fully saturated rings. The van der Waals surface area contributed by atoms with Gasteiger partial charge in [0.25, 0.3) is 5.91 Å². The van der Waals surface area contributed by atoms with Gasteiger partial charge in [0.2, 0.25) is 0 Å². The summed E-state index contributed by atoms with van der Waals surface area (Å²) in [5, 5.41) is 4.67. The van der Waals surface area contributed by atoms with Crippen LogP contribution in [0.2, 0.25) is 0 Å². The van der Waals surface area contributed by atoms with Crippen LogP contribution < -0.4 is 5.32 Å². The van der Waals surface area contributed by atoms with Crippen LogP contribution in [0.25, 0.3) is 0 Å². The Bertz CT molecular complexity index is 831. The number of aryl methyl sites for hydroxylation is 1. The second-order valence-corrected chi connectivity index (χ2v) is 7.09. The molecule has 1 spiro atoms. The summed E-state index contributed by atoms with van der Waals surface area (Å²) in [6, 6.07) is 10.7. The number of benzene rings is 1. The zero-order valence-corrected chi connectivity index (χ0v) is 13.8. The number of Topliss-reactive ketones (excluding diaryl/α,β-unsaturated/α-hetero) is 1.